The molecule has 2 aliphatic heterocycles. The summed E-state index contributed by atoms with van der Waals surface area (Å²) in [5, 5.41) is 3.31. The minimum absolute atomic E-state index is 0.0913. The Bertz CT molecular complexity index is 924. The number of carbonyl (C=O) groups excluding carboxylic acids is 1. The van der Waals surface area contributed by atoms with E-state index in [1.54, 1.807) is 17.0 Å². The van der Waals surface area contributed by atoms with E-state index in [4.69, 9.17) is 18.9 Å². The van der Waals surface area contributed by atoms with Crippen LogP contribution < -0.4 is 10.1 Å². The van der Waals surface area contributed by atoms with E-state index < -0.39 is 0 Å². The number of carbonyl (C=O) groups is 1. The van der Waals surface area contributed by atoms with Gasteiger partial charge in [-0.05, 0) is 43.2 Å². The molecule has 4 rings (SSSR count). The van der Waals surface area contributed by atoms with Gasteiger partial charge in [0.05, 0.1) is 12.9 Å². The van der Waals surface area contributed by atoms with Gasteiger partial charge < -0.3 is 29.0 Å². The lowest BCUT2D eigenvalue weighted by Gasteiger charge is -2.36. The van der Waals surface area contributed by atoms with E-state index in [2.05, 4.69) is 10.2 Å². The SMILES string of the molecule is CCNC(=NCCc1cc(F)cc2c1OCOC2)N1CCN(C(=O)c2ccco2)CC1. The highest BCUT2D eigenvalue weighted by atomic mass is 19.1. The third kappa shape index (κ3) is 4.99. The third-order valence-electron chi connectivity index (χ3n) is 5.33. The van der Waals surface area contributed by atoms with Crippen molar-refractivity contribution in [1.82, 2.24) is 15.1 Å². The zero-order valence-electron chi connectivity index (χ0n) is 17.6. The lowest BCUT2D eigenvalue weighted by Crippen LogP contribution is -2.53. The maximum atomic E-state index is 13.9. The van der Waals surface area contributed by atoms with Gasteiger partial charge in [-0.3, -0.25) is 9.79 Å². The molecular formula is C22H27FN4O4. The molecule has 1 saturated heterocycles. The summed E-state index contributed by atoms with van der Waals surface area (Å²) in [5.74, 6) is 1.47. The zero-order valence-corrected chi connectivity index (χ0v) is 17.6. The van der Waals surface area contributed by atoms with Crippen LogP contribution in [-0.2, 0) is 17.8 Å². The van der Waals surface area contributed by atoms with Crippen LogP contribution in [0.2, 0.25) is 0 Å². The van der Waals surface area contributed by atoms with Crippen LogP contribution in [0.5, 0.6) is 5.75 Å². The molecule has 0 bridgehead atoms. The van der Waals surface area contributed by atoms with E-state index in [-0.39, 0.29) is 18.5 Å². The van der Waals surface area contributed by atoms with Crippen molar-refractivity contribution in [2.45, 2.75) is 20.0 Å². The van der Waals surface area contributed by atoms with Gasteiger partial charge in [0.2, 0.25) is 0 Å². The van der Waals surface area contributed by atoms with E-state index in [0.29, 0.717) is 57.3 Å². The molecule has 166 valence electrons. The Labute approximate surface area is 180 Å². The molecule has 1 aromatic carbocycles. The quantitative estimate of drug-likeness (QED) is 0.579. The number of halogens is 1. The van der Waals surface area contributed by atoms with Crippen LogP contribution in [0.15, 0.2) is 39.9 Å². The highest BCUT2D eigenvalue weighted by molar-refractivity contribution is 5.91. The summed E-state index contributed by atoms with van der Waals surface area (Å²) in [6.45, 7) is 6.31. The molecule has 0 radical (unpaired) electrons. The first-order chi connectivity index (χ1) is 15.2. The Morgan fingerprint density at radius 1 is 1.23 bits per heavy atom. The first-order valence-corrected chi connectivity index (χ1v) is 10.5. The third-order valence-corrected chi connectivity index (χ3v) is 5.33. The first kappa shape index (κ1) is 21.2. The van der Waals surface area contributed by atoms with Crippen molar-refractivity contribution in [3.05, 3.63) is 53.2 Å². The number of rotatable bonds is 5. The molecule has 1 amide bonds. The van der Waals surface area contributed by atoms with Gasteiger partial charge in [-0.15, -0.1) is 0 Å². The number of ether oxygens (including phenoxy) is 2. The van der Waals surface area contributed by atoms with E-state index >= 15 is 0 Å². The van der Waals surface area contributed by atoms with Gasteiger partial charge in [0.15, 0.2) is 18.5 Å². The second-order valence-electron chi connectivity index (χ2n) is 7.41. The normalized spacial score (nSPS) is 16.6. The number of aliphatic imine (C=N–C) groups is 1. The highest BCUT2D eigenvalue weighted by Crippen LogP contribution is 2.29. The molecule has 0 aliphatic carbocycles. The molecule has 9 heteroatoms. The van der Waals surface area contributed by atoms with E-state index in [1.165, 1.54) is 18.4 Å². The molecule has 8 nitrogen and oxygen atoms in total. The molecule has 0 spiro atoms. The Balaban J connectivity index is 1.37. The molecule has 0 atom stereocenters. The van der Waals surface area contributed by atoms with Gasteiger partial charge in [-0.25, -0.2) is 4.39 Å². The minimum atomic E-state index is -0.295. The molecule has 1 fully saturated rings. The molecule has 2 aliphatic rings. The molecule has 2 aromatic rings. The van der Waals surface area contributed by atoms with Gasteiger partial charge in [0.1, 0.15) is 11.6 Å². The van der Waals surface area contributed by atoms with Crippen LogP contribution >= 0.6 is 0 Å². The number of hydrogen-bond acceptors (Lipinski definition) is 5. The highest BCUT2D eigenvalue weighted by Gasteiger charge is 2.25. The number of piperazine rings is 1. The van der Waals surface area contributed by atoms with Crippen molar-refractivity contribution < 1.29 is 23.1 Å². The first-order valence-electron chi connectivity index (χ1n) is 10.5. The lowest BCUT2D eigenvalue weighted by atomic mass is 10.1. The van der Waals surface area contributed by atoms with Gasteiger partial charge >= 0.3 is 0 Å². The van der Waals surface area contributed by atoms with Crippen LogP contribution in [-0.4, -0.2) is 67.7 Å². The van der Waals surface area contributed by atoms with Gasteiger partial charge in [0.25, 0.3) is 5.91 Å². The average Bonchev–Trinajstić information content (AvgIpc) is 3.33. The number of hydrogen-bond donors (Lipinski definition) is 1. The van der Waals surface area contributed by atoms with Crippen LogP contribution in [0.4, 0.5) is 4.39 Å². The van der Waals surface area contributed by atoms with E-state index in [9.17, 15) is 9.18 Å². The summed E-state index contributed by atoms with van der Waals surface area (Å²) in [6, 6.07) is 6.36. The fraction of sp³-hybridized carbons (Fsp3) is 0.455. The number of amides is 1. The number of benzene rings is 1. The number of nitrogens with one attached hydrogen (secondary N) is 1. The van der Waals surface area contributed by atoms with Crippen LogP contribution in [0.25, 0.3) is 0 Å². The predicted octanol–water partition coefficient (Wildman–Crippen LogP) is 2.25. The Morgan fingerprint density at radius 3 is 2.77 bits per heavy atom. The molecule has 31 heavy (non-hydrogen) atoms. The maximum Gasteiger partial charge on any atom is 0.289 e. The number of fused-ring (bicyclic) bond motifs is 1. The summed E-state index contributed by atoms with van der Waals surface area (Å²) in [5.41, 5.74) is 1.53. The fourth-order valence-corrected chi connectivity index (χ4v) is 3.83. The number of nitrogens with zero attached hydrogens (tertiary/aromatic N) is 3. The lowest BCUT2D eigenvalue weighted by molar-refractivity contribution is -0.0172. The van der Waals surface area contributed by atoms with Crippen LogP contribution in [0, 0.1) is 5.82 Å². The van der Waals surface area contributed by atoms with Gasteiger partial charge in [-0.1, -0.05) is 0 Å². The van der Waals surface area contributed by atoms with Crippen molar-refractivity contribution in [3.8, 4) is 5.75 Å². The van der Waals surface area contributed by atoms with Crippen molar-refractivity contribution in [3.63, 3.8) is 0 Å². The number of guanidine groups is 1. The van der Waals surface area contributed by atoms with Crippen LogP contribution in [0.1, 0.15) is 28.6 Å². The second kappa shape index (κ2) is 9.82. The molecule has 0 unspecified atom stereocenters. The summed E-state index contributed by atoms with van der Waals surface area (Å²) < 4.78 is 30.0. The molecule has 1 aromatic heterocycles. The molecular weight excluding hydrogens is 403 g/mol. The van der Waals surface area contributed by atoms with Crippen molar-refractivity contribution >= 4 is 11.9 Å². The summed E-state index contributed by atoms with van der Waals surface area (Å²) in [7, 11) is 0. The van der Waals surface area contributed by atoms with E-state index in [0.717, 1.165) is 23.6 Å². The largest absolute Gasteiger partial charge is 0.467 e. The van der Waals surface area contributed by atoms with Crippen LogP contribution in [0.3, 0.4) is 0 Å². The molecule has 0 saturated carbocycles. The molecule has 1 N–H and O–H groups in total. The minimum Gasteiger partial charge on any atom is -0.467 e. The van der Waals surface area contributed by atoms with Gasteiger partial charge in [0, 0.05) is 44.8 Å². The molecule has 3 heterocycles. The maximum absolute atomic E-state index is 13.9. The standard InChI is InChI=1S/C22H27FN4O4/c1-2-24-22(27-9-7-26(8-10-27)21(28)19-4-3-11-30-19)25-6-5-16-12-18(23)13-17-14-29-15-31-20(16)17/h3-4,11-13H,2,5-10,14-15H2,1H3,(H,24,25). The fourth-order valence-electron chi connectivity index (χ4n) is 3.83. The van der Waals surface area contributed by atoms with E-state index in [1.807, 2.05) is 6.92 Å². The summed E-state index contributed by atoms with van der Waals surface area (Å²) in [6.07, 6.45) is 2.07. The Kier molecular flexibility index (Phi) is 6.71. The predicted molar refractivity (Wildman–Crippen MR) is 113 cm³/mol. The average molecular weight is 430 g/mol. The van der Waals surface area contributed by atoms with Crippen molar-refractivity contribution in [2.24, 2.45) is 4.99 Å². The Morgan fingerprint density at radius 2 is 2.03 bits per heavy atom. The second-order valence-corrected chi connectivity index (χ2v) is 7.41. The zero-order chi connectivity index (χ0) is 21.6. The van der Waals surface area contributed by atoms with Gasteiger partial charge in [-0.2, -0.15) is 0 Å². The van der Waals surface area contributed by atoms with Crippen molar-refractivity contribution in [2.75, 3.05) is 46.1 Å². The smallest absolute Gasteiger partial charge is 0.289 e. The summed E-state index contributed by atoms with van der Waals surface area (Å²) >= 11 is 0. The Hall–Kier alpha value is -3.07. The van der Waals surface area contributed by atoms with Crippen molar-refractivity contribution in [1.29, 1.82) is 0 Å². The number of furan rings is 1. The monoisotopic (exact) mass is 430 g/mol. The summed E-state index contributed by atoms with van der Waals surface area (Å²) in [4.78, 5) is 21.1. The topological polar surface area (TPSA) is 79.5 Å².